The monoisotopic (exact) mass is 414 g/mol. The van der Waals surface area contributed by atoms with Crippen LogP contribution in [0.5, 0.6) is 0 Å². The minimum atomic E-state index is 0.0905. The van der Waals surface area contributed by atoms with Crippen molar-refractivity contribution in [3.63, 3.8) is 0 Å². The van der Waals surface area contributed by atoms with E-state index in [9.17, 15) is 0 Å². The largest absolute Gasteiger partial charge is 0.497 e. The Morgan fingerprint density at radius 3 is 2.50 bits per heavy atom. The summed E-state index contributed by atoms with van der Waals surface area (Å²) in [6, 6.07) is 8.91. The van der Waals surface area contributed by atoms with Gasteiger partial charge in [-0.15, -0.1) is 0 Å². The average Bonchev–Trinajstić information content (AvgIpc) is 2.93. The first-order valence-corrected chi connectivity index (χ1v) is 10.0. The molecule has 1 atom stereocenters. The number of halogens is 1. The van der Waals surface area contributed by atoms with Gasteiger partial charge in [-0.2, -0.15) is 0 Å². The normalized spacial score (nSPS) is 19.9. The predicted molar refractivity (Wildman–Crippen MR) is 113 cm³/mol. The Balaban J connectivity index is 2.08. The first-order chi connectivity index (χ1) is 12.5. The number of amidine groups is 1. The molecule has 1 heterocycles. The molecule has 0 amide bonds. The molecule has 0 spiro atoms. The van der Waals surface area contributed by atoms with Gasteiger partial charge < -0.3 is 9.64 Å². The number of benzene rings is 1. The summed E-state index contributed by atoms with van der Waals surface area (Å²) in [5, 5.41) is 0. The molecule has 2 aliphatic rings. The Labute approximate surface area is 165 Å². The highest BCUT2D eigenvalue weighted by Crippen LogP contribution is 2.36. The van der Waals surface area contributed by atoms with E-state index < -0.39 is 0 Å². The molecule has 0 saturated heterocycles. The van der Waals surface area contributed by atoms with Crippen LogP contribution in [0.4, 0.5) is 0 Å². The Kier molecular flexibility index (Phi) is 5.71. The van der Waals surface area contributed by atoms with Gasteiger partial charge in [-0.25, -0.2) is 4.99 Å². The molecule has 0 N–H and O–H groups in total. The van der Waals surface area contributed by atoms with Crippen LogP contribution in [0.3, 0.4) is 0 Å². The summed E-state index contributed by atoms with van der Waals surface area (Å²) in [7, 11) is 1.72. The van der Waals surface area contributed by atoms with Crippen molar-refractivity contribution in [2.75, 3.05) is 13.7 Å². The Hall–Kier alpha value is -1.81. The number of hydrogen-bond acceptors (Lipinski definition) is 3. The fourth-order valence-electron chi connectivity index (χ4n) is 3.41. The zero-order valence-corrected chi connectivity index (χ0v) is 17.8. The maximum Gasteiger partial charge on any atom is 0.137 e. The van der Waals surface area contributed by atoms with Gasteiger partial charge in [0.05, 0.1) is 18.8 Å². The van der Waals surface area contributed by atoms with Crippen molar-refractivity contribution in [2.24, 2.45) is 4.99 Å². The van der Waals surface area contributed by atoms with Crippen LogP contribution in [0.15, 0.2) is 62.9 Å². The van der Waals surface area contributed by atoms with Crippen molar-refractivity contribution in [3.05, 3.63) is 69.1 Å². The van der Waals surface area contributed by atoms with Gasteiger partial charge in [-0.3, -0.25) is 0 Å². The molecule has 0 saturated carbocycles. The quantitative estimate of drug-likeness (QED) is 0.612. The molecule has 26 heavy (non-hydrogen) atoms. The van der Waals surface area contributed by atoms with E-state index in [4.69, 9.17) is 9.73 Å². The van der Waals surface area contributed by atoms with Crippen LogP contribution in [-0.2, 0) is 4.74 Å². The third kappa shape index (κ3) is 3.52. The molecule has 0 radical (unpaired) electrons. The molecule has 3 rings (SSSR count). The summed E-state index contributed by atoms with van der Waals surface area (Å²) >= 11 is 3.77. The van der Waals surface area contributed by atoms with Crippen molar-refractivity contribution < 1.29 is 4.74 Å². The average molecular weight is 415 g/mol. The van der Waals surface area contributed by atoms with Gasteiger partial charge in [0.2, 0.25) is 0 Å². The van der Waals surface area contributed by atoms with E-state index in [1.165, 1.54) is 5.56 Å². The smallest absolute Gasteiger partial charge is 0.137 e. The summed E-state index contributed by atoms with van der Waals surface area (Å²) in [6.45, 7) is 9.68. The summed E-state index contributed by atoms with van der Waals surface area (Å²) in [5.41, 5.74) is 4.71. The van der Waals surface area contributed by atoms with E-state index in [1.807, 2.05) is 0 Å². The lowest BCUT2D eigenvalue weighted by Gasteiger charge is -2.26. The number of methoxy groups -OCH3 is 1. The number of allylic oxidation sites excluding steroid dienone is 3. The topological polar surface area (TPSA) is 24.8 Å². The Morgan fingerprint density at radius 1 is 1.23 bits per heavy atom. The van der Waals surface area contributed by atoms with Crippen LogP contribution in [0.2, 0.25) is 0 Å². The first-order valence-electron chi connectivity index (χ1n) is 9.26. The molecular formula is C22H27BrN2O. The lowest BCUT2D eigenvalue weighted by atomic mass is 10.0. The van der Waals surface area contributed by atoms with Crippen LogP contribution in [0.1, 0.15) is 51.2 Å². The molecule has 138 valence electrons. The van der Waals surface area contributed by atoms with Gasteiger partial charge in [-0.05, 0) is 58.5 Å². The van der Waals surface area contributed by atoms with E-state index in [0.29, 0.717) is 5.92 Å². The molecule has 1 aromatic rings. The number of aliphatic imine (C=N–C) groups is 1. The van der Waals surface area contributed by atoms with E-state index in [2.05, 4.69) is 84.9 Å². The number of rotatable bonds is 5. The van der Waals surface area contributed by atoms with Crippen LogP contribution < -0.4 is 0 Å². The number of nitrogens with zero attached hydrogens (tertiary/aromatic N) is 2. The fraction of sp³-hybridized carbons (Fsp3) is 0.409. The third-order valence-corrected chi connectivity index (χ3v) is 5.93. The van der Waals surface area contributed by atoms with Gasteiger partial charge in [0.15, 0.2) is 0 Å². The molecule has 0 aromatic heterocycles. The van der Waals surface area contributed by atoms with Crippen LogP contribution in [0.25, 0.3) is 0 Å². The fourth-order valence-corrected chi connectivity index (χ4v) is 3.85. The molecule has 1 unspecified atom stereocenters. The number of fused-ring (bicyclic) bond motifs is 1. The highest BCUT2D eigenvalue weighted by atomic mass is 79.9. The standard InChI is InChI=1S/C22H27BrN2O/c1-6-11-25-19-13-18(26-5)12-15(4)20(23)21(19)24-22(25)17-9-7-16(8-10-17)14(2)3/h7-10,12-14,19H,6,11H2,1-5H3. The maximum atomic E-state index is 5.57. The number of ether oxygens (including phenoxy) is 1. The molecule has 0 fully saturated rings. The van der Waals surface area contributed by atoms with Gasteiger partial charge in [0, 0.05) is 16.6 Å². The Bertz CT molecular complexity index is 800. The zero-order chi connectivity index (χ0) is 18.8. The van der Waals surface area contributed by atoms with Crippen LogP contribution in [-0.4, -0.2) is 30.4 Å². The van der Waals surface area contributed by atoms with Crippen molar-refractivity contribution in [2.45, 2.75) is 46.1 Å². The van der Waals surface area contributed by atoms with Gasteiger partial charge in [-0.1, -0.05) is 45.0 Å². The van der Waals surface area contributed by atoms with Crippen molar-refractivity contribution in [1.82, 2.24) is 4.90 Å². The Morgan fingerprint density at radius 2 is 1.92 bits per heavy atom. The van der Waals surface area contributed by atoms with E-state index in [1.54, 1.807) is 7.11 Å². The number of hydrogen-bond donors (Lipinski definition) is 0. The van der Waals surface area contributed by atoms with Crippen LogP contribution in [0, 0.1) is 0 Å². The second kappa shape index (κ2) is 7.83. The first kappa shape index (κ1) is 19.0. The molecule has 1 aliphatic carbocycles. The van der Waals surface area contributed by atoms with E-state index in [0.717, 1.165) is 45.9 Å². The van der Waals surface area contributed by atoms with E-state index in [-0.39, 0.29) is 6.04 Å². The summed E-state index contributed by atoms with van der Waals surface area (Å²) in [5.74, 6) is 2.46. The lowest BCUT2D eigenvalue weighted by molar-refractivity contribution is 0.299. The molecule has 1 aliphatic heterocycles. The molecule has 0 bridgehead atoms. The predicted octanol–water partition coefficient (Wildman–Crippen LogP) is 5.75. The third-order valence-electron chi connectivity index (χ3n) is 4.90. The molecule has 3 nitrogen and oxygen atoms in total. The minimum Gasteiger partial charge on any atom is -0.497 e. The van der Waals surface area contributed by atoms with Crippen molar-refractivity contribution >= 4 is 21.8 Å². The van der Waals surface area contributed by atoms with Gasteiger partial charge in [0.25, 0.3) is 0 Å². The summed E-state index contributed by atoms with van der Waals surface area (Å²) < 4.78 is 6.62. The van der Waals surface area contributed by atoms with Gasteiger partial charge >= 0.3 is 0 Å². The summed E-state index contributed by atoms with van der Waals surface area (Å²) in [6.07, 6.45) is 5.29. The zero-order valence-electron chi connectivity index (χ0n) is 16.2. The van der Waals surface area contributed by atoms with Crippen LogP contribution >= 0.6 is 15.9 Å². The minimum absolute atomic E-state index is 0.0905. The van der Waals surface area contributed by atoms with Gasteiger partial charge in [0.1, 0.15) is 11.6 Å². The maximum absolute atomic E-state index is 5.57. The molecule has 4 heteroatoms. The second-order valence-corrected chi connectivity index (χ2v) is 7.94. The van der Waals surface area contributed by atoms with Crippen molar-refractivity contribution in [1.29, 1.82) is 0 Å². The SMILES string of the molecule is CCCN1C(c2ccc(C(C)C)cc2)=NC2=C(Br)C(C)=CC(OC)=CC21. The molecular weight excluding hydrogens is 388 g/mol. The summed E-state index contributed by atoms with van der Waals surface area (Å²) in [4.78, 5) is 7.43. The highest BCUT2D eigenvalue weighted by Gasteiger charge is 2.34. The second-order valence-electron chi connectivity index (χ2n) is 7.15. The van der Waals surface area contributed by atoms with E-state index >= 15 is 0 Å². The van der Waals surface area contributed by atoms with Crippen molar-refractivity contribution in [3.8, 4) is 0 Å². The lowest BCUT2D eigenvalue weighted by Crippen LogP contribution is -2.36. The highest BCUT2D eigenvalue weighted by molar-refractivity contribution is 9.12. The molecule has 1 aromatic carbocycles.